The van der Waals surface area contributed by atoms with Gasteiger partial charge in [-0.3, -0.25) is 0 Å². The smallest absolute Gasteiger partial charge is 0.119 e. The van der Waals surface area contributed by atoms with Gasteiger partial charge in [-0.05, 0) is 36.6 Å². The number of ether oxygens (including phenoxy) is 1. The Hall–Kier alpha value is -1.80. The van der Waals surface area contributed by atoms with Crippen molar-refractivity contribution in [2.75, 3.05) is 6.61 Å². The average Bonchev–Trinajstić information content (AvgIpc) is 2.61. The first-order valence-electron chi connectivity index (χ1n) is 9.76. The van der Waals surface area contributed by atoms with Gasteiger partial charge < -0.3 is 10.1 Å². The van der Waals surface area contributed by atoms with Gasteiger partial charge >= 0.3 is 0 Å². The van der Waals surface area contributed by atoms with E-state index in [4.69, 9.17) is 4.74 Å². The van der Waals surface area contributed by atoms with Crippen LogP contribution in [-0.4, -0.2) is 6.61 Å². The zero-order chi connectivity index (χ0) is 17.7. The van der Waals surface area contributed by atoms with Crippen LogP contribution in [0.5, 0.6) is 5.75 Å². The summed E-state index contributed by atoms with van der Waals surface area (Å²) in [5.74, 6) is 0.989. The summed E-state index contributed by atoms with van der Waals surface area (Å²) in [6.45, 7) is 6.97. The quantitative estimate of drug-likeness (QED) is 0.477. The molecular weight excluding hydrogens is 306 g/mol. The molecule has 0 amide bonds. The van der Waals surface area contributed by atoms with Gasteiger partial charge in [0.05, 0.1) is 6.61 Å². The third-order valence-corrected chi connectivity index (χ3v) is 4.41. The topological polar surface area (TPSA) is 21.3 Å². The SMILES string of the molecule is CCCCCCCCOc1cccc(CNCc2cccc(C)c2)c1. The average molecular weight is 340 g/mol. The lowest BCUT2D eigenvalue weighted by atomic mass is 10.1. The fourth-order valence-corrected chi connectivity index (χ4v) is 2.99. The second-order valence-corrected chi connectivity index (χ2v) is 6.86. The summed E-state index contributed by atoms with van der Waals surface area (Å²) in [5.41, 5.74) is 3.91. The van der Waals surface area contributed by atoms with Crippen molar-refractivity contribution in [3.05, 3.63) is 65.2 Å². The Kier molecular flexibility index (Phi) is 9.14. The molecule has 0 spiro atoms. The van der Waals surface area contributed by atoms with Crippen LogP contribution in [-0.2, 0) is 13.1 Å². The number of rotatable bonds is 12. The Balaban J connectivity index is 1.66. The normalized spacial score (nSPS) is 10.8. The maximum absolute atomic E-state index is 5.91. The molecule has 0 saturated carbocycles. The third-order valence-electron chi connectivity index (χ3n) is 4.41. The summed E-state index contributed by atoms with van der Waals surface area (Å²) >= 11 is 0. The molecule has 0 heterocycles. The molecule has 0 radical (unpaired) electrons. The van der Waals surface area contributed by atoms with Gasteiger partial charge in [-0.2, -0.15) is 0 Å². The Morgan fingerprint density at radius 2 is 1.48 bits per heavy atom. The maximum atomic E-state index is 5.91. The summed E-state index contributed by atoms with van der Waals surface area (Å²) < 4.78 is 5.91. The number of nitrogens with one attached hydrogen (secondary N) is 1. The van der Waals surface area contributed by atoms with E-state index < -0.39 is 0 Å². The third kappa shape index (κ3) is 8.22. The Morgan fingerprint density at radius 3 is 2.24 bits per heavy atom. The molecule has 0 bridgehead atoms. The minimum atomic E-state index is 0.826. The fourth-order valence-electron chi connectivity index (χ4n) is 2.99. The molecule has 2 rings (SSSR count). The van der Waals surface area contributed by atoms with Crippen LogP contribution in [0.25, 0.3) is 0 Å². The zero-order valence-electron chi connectivity index (χ0n) is 15.9. The molecule has 2 heteroatoms. The van der Waals surface area contributed by atoms with Crippen molar-refractivity contribution in [1.29, 1.82) is 0 Å². The van der Waals surface area contributed by atoms with Crippen LogP contribution in [0.4, 0.5) is 0 Å². The van der Waals surface area contributed by atoms with Gasteiger partial charge in [0, 0.05) is 13.1 Å². The molecule has 0 unspecified atom stereocenters. The van der Waals surface area contributed by atoms with E-state index in [-0.39, 0.29) is 0 Å². The first-order chi connectivity index (χ1) is 12.3. The van der Waals surface area contributed by atoms with Crippen LogP contribution in [0.3, 0.4) is 0 Å². The molecule has 0 fully saturated rings. The van der Waals surface area contributed by atoms with Gasteiger partial charge in [0.25, 0.3) is 0 Å². The summed E-state index contributed by atoms with van der Waals surface area (Å²) in [6.07, 6.45) is 7.79. The van der Waals surface area contributed by atoms with E-state index in [1.54, 1.807) is 0 Å². The number of benzene rings is 2. The van der Waals surface area contributed by atoms with Crippen molar-refractivity contribution < 1.29 is 4.74 Å². The van der Waals surface area contributed by atoms with E-state index in [1.165, 1.54) is 48.8 Å². The van der Waals surface area contributed by atoms with E-state index in [9.17, 15) is 0 Å². The summed E-state index contributed by atoms with van der Waals surface area (Å²) in [5, 5.41) is 3.51. The molecule has 0 atom stereocenters. The van der Waals surface area contributed by atoms with Crippen molar-refractivity contribution in [1.82, 2.24) is 5.32 Å². The zero-order valence-corrected chi connectivity index (χ0v) is 15.9. The lowest BCUT2D eigenvalue weighted by Gasteiger charge is -2.09. The number of aryl methyl sites for hydroxylation is 1. The molecule has 136 valence electrons. The highest BCUT2D eigenvalue weighted by Crippen LogP contribution is 2.14. The highest BCUT2D eigenvalue weighted by Gasteiger charge is 1.99. The van der Waals surface area contributed by atoms with Gasteiger partial charge in [0.2, 0.25) is 0 Å². The van der Waals surface area contributed by atoms with Gasteiger partial charge in [-0.25, -0.2) is 0 Å². The van der Waals surface area contributed by atoms with Crippen LogP contribution in [0.1, 0.15) is 62.1 Å². The minimum absolute atomic E-state index is 0.826. The van der Waals surface area contributed by atoms with Crippen molar-refractivity contribution in [3.8, 4) is 5.75 Å². The molecule has 0 aliphatic rings. The summed E-state index contributed by atoms with van der Waals surface area (Å²) in [6, 6.07) is 17.1. The molecule has 0 saturated heterocycles. The van der Waals surface area contributed by atoms with Crippen LogP contribution in [0.2, 0.25) is 0 Å². The first-order valence-corrected chi connectivity index (χ1v) is 9.76. The molecule has 2 nitrogen and oxygen atoms in total. The predicted octanol–water partition coefficient (Wildman–Crippen LogP) is 6.02. The second kappa shape index (κ2) is 11.7. The van der Waals surface area contributed by atoms with Crippen LogP contribution in [0.15, 0.2) is 48.5 Å². The van der Waals surface area contributed by atoms with Crippen molar-refractivity contribution >= 4 is 0 Å². The maximum Gasteiger partial charge on any atom is 0.119 e. The largest absolute Gasteiger partial charge is 0.494 e. The number of hydrogen-bond acceptors (Lipinski definition) is 2. The van der Waals surface area contributed by atoms with E-state index in [0.717, 1.165) is 31.9 Å². The summed E-state index contributed by atoms with van der Waals surface area (Å²) in [7, 11) is 0. The van der Waals surface area contributed by atoms with Crippen LogP contribution in [0, 0.1) is 6.92 Å². The van der Waals surface area contributed by atoms with E-state index >= 15 is 0 Å². The highest BCUT2D eigenvalue weighted by atomic mass is 16.5. The molecule has 2 aromatic rings. The van der Waals surface area contributed by atoms with Gasteiger partial charge in [0.1, 0.15) is 5.75 Å². The highest BCUT2D eigenvalue weighted by molar-refractivity contribution is 5.28. The van der Waals surface area contributed by atoms with E-state index in [0.29, 0.717) is 0 Å². The second-order valence-electron chi connectivity index (χ2n) is 6.86. The van der Waals surface area contributed by atoms with Crippen molar-refractivity contribution in [3.63, 3.8) is 0 Å². The predicted molar refractivity (Wildman–Crippen MR) is 107 cm³/mol. The van der Waals surface area contributed by atoms with E-state index in [2.05, 4.69) is 67.7 Å². The number of unbranched alkanes of at least 4 members (excludes halogenated alkanes) is 5. The van der Waals surface area contributed by atoms with Crippen LogP contribution >= 0.6 is 0 Å². The molecule has 1 N–H and O–H groups in total. The summed E-state index contributed by atoms with van der Waals surface area (Å²) in [4.78, 5) is 0. The fraction of sp³-hybridized carbons (Fsp3) is 0.478. The van der Waals surface area contributed by atoms with Crippen molar-refractivity contribution in [2.24, 2.45) is 0 Å². The lowest BCUT2D eigenvalue weighted by Crippen LogP contribution is -2.12. The van der Waals surface area contributed by atoms with Gasteiger partial charge in [0.15, 0.2) is 0 Å². The molecular formula is C23H33NO. The minimum Gasteiger partial charge on any atom is -0.494 e. The molecule has 0 aliphatic heterocycles. The standard InChI is InChI=1S/C23H33NO/c1-3-4-5-6-7-8-15-25-23-14-10-13-22(17-23)19-24-18-21-12-9-11-20(2)16-21/h9-14,16-17,24H,3-8,15,18-19H2,1-2H3. The van der Waals surface area contributed by atoms with Gasteiger partial charge in [-0.1, -0.05) is 81.0 Å². The Bertz CT molecular complexity index is 609. The van der Waals surface area contributed by atoms with Gasteiger partial charge in [-0.15, -0.1) is 0 Å². The Morgan fingerprint density at radius 1 is 0.800 bits per heavy atom. The Labute approximate surface area is 153 Å². The molecule has 2 aromatic carbocycles. The lowest BCUT2D eigenvalue weighted by molar-refractivity contribution is 0.304. The van der Waals surface area contributed by atoms with Crippen molar-refractivity contribution in [2.45, 2.75) is 65.5 Å². The molecule has 0 aromatic heterocycles. The van der Waals surface area contributed by atoms with Crippen LogP contribution < -0.4 is 10.1 Å². The molecule has 25 heavy (non-hydrogen) atoms. The monoisotopic (exact) mass is 339 g/mol. The number of hydrogen-bond donors (Lipinski definition) is 1. The first kappa shape index (κ1) is 19.5. The molecule has 0 aliphatic carbocycles. The van der Waals surface area contributed by atoms with E-state index in [1.807, 2.05) is 0 Å².